The molecule has 0 bridgehead atoms. The van der Waals surface area contributed by atoms with Crippen LogP contribution in [0.2, 0.25) is 0 Å². The van der Waals surface area contributed by atoms with Crippen molar-refractivity contribution >= 4 is 24.0 Å². The number of carbonyl (C=O) groups excluding carboxylic acids is 2. The summed E-state index contributed by atoms with van der Waals surface area (Å²) in [6, 6.07) is 0. The zero-order valence-electron chi connectivity index (χ0n) is 7.96. The molecular weight excluding hydrogens is 180 g/mol. The van der Waals surface area contributed by atoms with E-state index in [2.05, 4.69) is 0 Å². The molecule has 0 saturated heterocycles. The normalized spacial score (nSPS) is 7.83. The van der Waals surface area contributed by atoms with Gasteiger partial charge in [0.25, 0.3) is 0 Å². The summed E-state index contributed by atoms with van der Waals surface area (Å²) >= 11 is 0. The number of Topliss-reactive ketones (excluding diaryl/α,β-unsaturated/α-hetero) is 2. The lowest BCUT2D eigenvalue weighted by atomic mass is 10.2. The Morgan fingerprint density at radius 3 is 1.33 bits per heavy atom. The molecule has 0 atom stereocenters. The van der Waals surface area contributed by atoms with Crippen LogP contribution in [0.5, 0.6) is 0 Å². The molecular formula is C8H17ClO3. The number of aliphatic hydroxyl groups is 1. The van der Waals surface area contributed by atoms with Gasteiger partial charge in [0.15, 0.2) is 0 Å². The van der Waals surface area contributed by atoms with Gasteiger partial charge in [-0.3, -0.25) is 9.59 Å². The van der Waals surface area contributed by atoms with Crippen molar-refractivity contribution in [2.24, 2.45) is 0 Å². The minimum Gasteiger partial charge on any atom is -0.394 e. The van der Waals surface area contributed by atoms with Gasteiger partial charge in [-0.1, -0.05) is 0 Å². The summed E-state index contributed by atoms with van der Waals surface area (Å²) in [6.07, 6.45) is -0.0833. The lowest BCUT2D eigenvalue weighted by Gasteiger charge is -1.81. The number of hydrogen-bond acceptors (Lipinski definition) is 3. The Kier molecular flexibility index (Phi) is 15.5. The minimum atomic E-state index is -0.167. The quantitative estimate of drug-likeness (QED) is 0.679. The smallest absolute Gasteiger partial charge is 0.137 e. The summed E-state index contributed by atoms with van der Waals surface area (Å²) < 4.78 is 0. The summed E-state index contributed by atoms with van der Waals surface area (Å²) in [5.41, 5.74) is 0. The first-order valence-corrected chi connectivity index (χ1v) is 3.53. The Morgan fingerprint density at radius 1 is 1.17 bits per heavy atom. The SMILES string of the molecule is CC(=O)CC(C)=O.CC(C)O.Cl. The van der Waals surface area contributed by atoms with E-state index in [1.807, 2.05) is 0 Å². The molecule has 0 aromatic carbocycles. The zero-order valence-corrected chi connectivity index (χ0v) is 8.77. The predicted molar refractivity (Wildman–Crippen MR) is 50.6 cm³/mol. The maximum Gasteiger partial charge on any atom is 0.137 e. The standard InChI is InChI=1S/C5H8O2.C3H8O.ClH/c1-4(6)3-5(2)7;1-3(2)4;/h3H2,1-2H3;3-4H,1-2H3;1H. The fourth-order valence-electron chi connectivity index (χ4n) is 0.351. The summed E-state index contributed by atoms with van der Waals surface area (Å²) in [6.45, 7) is 6.25. The Balaban J connectivity index is -0.000000142. The van der Waals surface area contributed by atoms with Crippen LogP contribution in [0.3, 0.4) is 0 Å². The van der Waals surface area contributed by atoms with Crippen molar-refractivity contribution in [2.45, 2.75) is 40.2 Å². The molecule has 0 spiro atoms. The molecule has 0 aliphatic carbocycles. The van der Waals surface area contributed by atoms with Crippen molar-refractivity contribution in [1.82, 2.24) is 0 Å². The van der Waals surface area contributed by atoms with Gasteiger partial charge in [-0.15, -0.1) is 12.4 Å². The van der Waals surface area contributed by atoms with Gasteiger partial charge in [-0.2, -0.15) is 0 Å². The van der Waals surface area contributed by atoms with Gasteiger partial charge < -0.3 is 5.11 Å². The average Bonchev–Trinajstić information content (AvgIpc) is 1.56. The monoisotopic (exact) mass is 196 g/mol. The summed E-state index contributed by atoms with van der Waals surface area (Å²) in [5, 5.41) is 8.06. The third-order valence-corrected chi connectivity index (χ3v) is 0.498. The Morgan fingerprint density at radius 2 is 1.33 bits per heavy atom. The van der Waals surface area contributed by atoms with E-state index in [1.165, 1.54) is 13.8 Å². The number of aliphatic hydroxyl groups excluding tert-OH is 1. The summed E-state index contributed by atoms with van der Waals surface area (Å²) in [4.78, 5) is 20.1. The molecule has 0 rings (SSSR count). The summed E-state index contributed by atoms with van der Waals surface area (Å²) in [5.74, 6) is -0.125. The first-order valence-electron chi connectivity index (χ1n) is 3.53. The molecule has 12 heavy (non-hydrogen) atoms. The van der Waals surface area contributed by atoms with Gasteiger partial charge in [0.1, 0.15) is 11.6 Å². The highest BCUT2D eigenvalue weighted by molar-refractivity contribution is 5.96. The molecule has 0 aliphatic heterocycles. The van der Waals surface area contributed by atoms with Crippen LogP contribution >= 0.6 is 12.4 Å². The average molecular weight is 197 g/mol. The molecule has 0 amide bonds. The van der Waals surface area contributed by atoms with Crippen LogP contribution in [0.4, 0.5) is 0 Å². The molecule has 0 saturated carbocycles. The van der Waals surface area contributed by atoms with Crippen LogP contribution < -0.4 is 0 Å². The van der Waals surface area contributed by atoms with Gasteiger partial charge in [0.2, 0.25) is 0 Å². The molecule has 1 N–H and O–H groups in total. The molecule has 0 aromatic heterocycles. The van der Waals surface area contributed by atoms with Crippen LogP contribution in [0.1, 0.15) is 34.1 Å². The van der Waals surface area contributed by atoms with Crippen LogP contribution in [0.15, 0.2) is 0 Å². The second-order valence-corrected chi connectivity index (χ2v) is 2.67. The Bertz CT molecular complexity index is 118. The van der Waals surface area contributed by atoms with E-state index in [1.54, 1.807) is 13.8 Å². The highest BCUT2D eigenvalue weighted by Gasteiger charge is 1.94. The van der Waals surface area contributed by atoms with Gasteiger partial charge in [0, 0.05) is 6.10 Å². The van der Waals surface area contributed by atoms with Crippen molar-refractivity contribution < 1.29 is 14.7 Å². The molecule has 0 fully saturated rings. The highest BCUT2D eigenvalue weighted by Crippen LogP contribution is 1.80. The molecule has 0 radical (unpaired) electrons. The van der Waals surface area contributed by atoms with Gasteiger partial charge in [-0.05, 0) is 27.7 Å². The van der Waals surface area contributed by atoms with E-state index < -0.39 is 0 Å². The van der Waals surface area contributed by atoms with Gasteiger partial charge >= 0.3 is 0 Å². The second-order valence-electron chi connectivity index (χ2n) is 2.67. The molecule has 0 aromatic rings. The largest absolute Gasteiger partial charge is 0.394 e. The van der Waals surface area contributed by atoms with Crippen molar-refractivity contribution in [1.29, 1.82) is 0 Å². The van der Waals surface area contributed by atoms with E-state index in [4.69, 9.17) is 5.11 Å². The molecule has 3 nitrogen and oxygen atoms in total. The van der Waals surface area contributed by atoms with E-state index in [0.29, 0.717) is 0 Å². The minimum absolute atomic E-state index is 0. The fraction of sp³-hybridized carbons (Fsp3) is 0.750. The first-order chi connectivity index (χ1) is 4.86. The molecule has 0 aliphatic rings. The maximum atomic E-state index is 10.0. The molecule has 0 unspecified atom stereocenters. The number of ketones is 2. The van der Waals surface area contributed by atoms with Crippen molar-refractivity contribution in [3.8, 4) is 0 Å². The lowest BCUT2D eigenvalue weighted by molar-refractivity contribution is -0.124. The lowest BCUT2D eigenvalue weighted by Crippen LogP contribution is -1.97. The third-order valence-electron chi connectivity index (χ3n) is 0.498. The van der Waals surface area contributed by atoms with Crippen molar-refractivity contribution in [3.05, 3.63) is 0 Å². The van der Waals surface area contributed by atoms with Crippen molar-refractivity contribution in [3.63, 3.8) is 0 Å². The molecule has 0 heterocycles. The van der Waals surface area contributed by atoms with Crippen LogP contribution in [0, 0.1) is 0 Å². The predicted octanol–water partition coefficient (Wildman–Crippen LogP) is 1.36. The summed E-state index contributed by atoms with van der Waals surface area (Å²) in [7, 11) is 0. The molecule has 4 heteroatoms. The Labute approximate surface area is 79.6 Å². The van der Waals surface area contributed by atoms with E-state index in [9.17, 15) is 9.59 Å². The van der Waals surface area contributed by atoms with E-state index in [0.717, 1.165) is 0 Å². The van der Waals surface area contributed by atoms with Crippen LogP contribution in [-0.4, -0.2) is 22.8 Å². The number of rotatable bonds is 2. The fourth-order valence-corrected chi connectivity index (χ4v) is 0.351. The van der Waals surface area contributed by atoms with E-state index >= 15 is 0 Å². The highest BCUT2D eigenvalue weighted by atomic mass is 35.5. The number of carbonyl (C=O) groups is 2. The maximum absolute atomic E-state index is 10.0. The molecule has 74 valence electrons. The van der Waals surface area contributed by atoms with Crippen LogP contribution in [-0.2, 0) is 9.59 Å². The van der Waals surface area contributed by atoms with Gasteiger partial charge in [0.05, 0.1) is 6.42 Å². The number of halogens is 1. The third kappa shape index (κ3) is 54.9. The second kappa shape index (κ2) is 10.6. The van der Waals surface area contributed by atoms with Crippen molar-refractivity contribution in [2.75, 3.05) is 0 Å². The Hall–Kier alpha value is -0.410. The topological polar surface area (TPSA) is 54.4 Å². The van der Waals surface area contributed by atoms with Gasteiger partial charge in [-0.25, -0.2) is 0 Å². The first kappa shape index (κ1) is 17.6. The zero-order chi connectivity index (χ0) is 9.44. The number of hydrogen-bond donors (Lipinski definition) is 1. The van der Waals surface area contributed by atoms with E-state index in [-0.39, 0.29) is 36.5 Å². The van der Waals surface area contributed by atoms with Crippen LogP contribution in [0.25, 0.3) is 0 Å².